The van der Waals surface area contributed by atoms with Crippen molar-refractivity contribution >= 4 is 17.5 Å². The third-order valence-electron chi connectivity index (χ3n) is 3.97. The Morgan fingerprint density at radius 1 is 1.04 bits per heavy atom. The zero-order valence-electron chi connectivity index (χ0n) is 16.4. The van der Waals surface area contributed by atoms with Crippen LogP contribution in [-0.2, 0) is 9.53 Å². The zero-order chi connectivity index (χ0) is 20.4. The molecule has 0 radical (unpaired) electrons. The Morgan fingerprint density at radius 3 is 2.46 bits per heavy atom. The van der Waals surface area contributed by atoms with E-state index in [0.717, 1.165) is 6.42 Å². The zero-order valence-corrected chi connectivity index (χ0v) is 16.4. The second-order valence-corrected chi connectivity index (χ2v) is 6.25. The van der Waals surface area contributed by atoms with E-state index in [0.29, 0.717) is 29.4 Å². The molecule has 150 valence electrons. The highest BCUT2D eigenvalue weighted by Gasteiger charge is 2.10. The van der Waals surface area contributed by atoms with Crippen molar-refractivity contribution in [1.29, 1.82) is 0 Å². The molecule has 2 amide bonds. The predicted molar refractivity (Wildman–Crippen MR) is 107 cm³/mol. The van der Waals surface area contributed by atoms with Crippen LogP contribution >= 0.6 is 0 Å². The lowest BCUT2D eigenvalue weighted by Gasteiger charge is -2.13. The Bertz CT molecular complexity index is 777. The van der Waals surface area contributed by atoms with Gasteiger partial charge in [0.1, 0.15) is 11.5 Å². The van der Waals surface area contributed by atoms with Crippen molar-refractivity contribution in [2.24, 2.45) is 0 Å². The fraction of sp³-hybridized carbons (Fsp3) is 0.333. The van der Waals surface area contributed by atoms with Crippen molar-refractivity contribution < 1.29 is 23.8 Å². The van der Waals surface area contributed by atoms with E-state index in [9.17, 15) is 9.59 Å². The molecule has 2 aromatic carbocycles. The van der Waals surface area contributed by atoms with E-state index in [1.54, 1.807) is 62.8 Å². The van der Waals surface area contributed by atoms with Crippen molar-refractivity contribution in [3.8, 4) is 11.5 Å². The molecular weight excluding hydrogens is 360 g/mol. The fourth-order valence-electron chi connectivity index (χ4n) is 2.42. The smallest absolute Gasteiger partial charge is 0.262 e. The van der Waals surface area contributed by atoms with E-state index in [1.807, 2.05) is 6.92 Å². The van der Waals surface area contributed by atoms with Crippen molar-refractivity contribution in [3.05, 3.63) is 54.1 Å². The van der Waals surface area contributed by atoms with Crippen molar-refractivity contribution in [3.63, 3.8) is 0 Å². The number of hydrogen-bond donors (Lipinski definition) is 2. The van der Waals surface area contributed by atoms with Gasteiger partial charge in [-0.3, -0.25) is 9.59 Å². The lowest BCUT2D eigenvalue weighted by molar-refractivity contribution is -0.118. The van der Waals surface area contributed by atoms with Crippen molar-refractivity contribution in [2.75, 3.05) is 32.8 Å². The second kappa shape index (κ2) is 10.9. The van der Waals surface area contributed by atoms with Gasteiger partial charge in [0.25, 0.3) is 11.8 Å². The van der Waals surface area contributed by atoms with Crippen LogP contribution in [-0.4, -0.2) is 45.3 Å². The van der Waals surface area contributed by atoms with Gasteiger partial charge < -0.3 is 24.8 Å². The monoisotopic (exact) mass is 386 g/mol. The molecule has 2 N–H and O–H groups in total. The normalized spacial score (nSPS) is 11.4. The number of benzene rings is 2. The highest BCUT2D eigenvalue weighted by molar-refractivity contribution is 5.94. The molecule has 0 unspecified atom stereocenters. The average Bonchev–Trinajstić information content (AvgIpc) is 2.71. The number of carbonyl (C=O) groups is 2. The fourth-order valence-corrected chi connectivity index (χ4v) is 2.42. The van der Waals surface area contributed by atoms with Gasteiger partial charge in [-0.1, -0.05) is 6.07 Å². The summed E-state index contributed by atoms with van der Waals surface area (Å²) in [6, 6.07) is 13.7. The highest BCUT2D eigenvalue weighted by Crippen LogP contribution is 2.17. The summed E-state index contributed by atoms with van der Waals surface area (Å²) in [5.41, 5.74) is 1.15. The van der Waals surface area contributed by atoms with Crippen molar-refractivity contribution in [1.82, 2.24) is 5.32 Å². The SMILES string of the molecule is COCC[C@H](C)NC(=O)c1ccc(OCC(=O)Nc2cccc(OC)c2)cc1. The maximum atomic E-state index is 12.2. The molecule has 0 saturated carbocycles. The van der Waals surface area contributed by atoms with Crippen LogP contribution in [0.5, 0.6) is 11.5 Å². The first kappa shape index (κ1) is 21.2. The molecule has 1 atom stereocenters. The molecule has 2 rings (SSSR count). The number of rotatable bonds is 10. The van der Waals surface area contributed by atoms with E-state index in [4.69, 9.17) is 14.2 Å². The summed E-state index contributed by atoms with van der Waals surface area (Å²) in [6.07, 6.45) is 0.742. The van der Waals surface area contributed by atoms with Gasteiger partial charge in [0, 0.05) is 37.1 Å². The summed E-state index contributed by atoms with van der Waals surface area (Å²) in [5, 5.41) is 5.64. The molecule has 0 aliphatic rings. The molecule has 0 spiro atoms. The maximum Gasteiger partial charge on any atom is 0.262 e. The predicted octanol–water partition coefficient (Wildman–Crippen LogP) is 2.87. The quantitative estimate of drug-likeness (QED) is 0.656. The van der Waals surface area contributed by atoms with Crippen LogP contribution in [0, 0.1) is 0 Å². The molecule has 0 fully saturated rings. The van der Waals surface area contributed by atoms with Gasteiger partial charge in [0.15, 0.2) is 6.61 Å². The molecule has 0 saturated heterocycles. The molecule has 0 aromatic heterocycles. The average molecular weight is 386 g/mol. The number of carbonyl (C=O) groups excluding carboxylic acids is 2. The second-order valence-electron chi connectivity index (χ2n) is 6.25. The molecule has 0 aliphatic heterocycles. The number of nitrogens with one attached hydrogen (secondary N) is 2. The van der Waals surface area contributed by atoms with Gasteiger partial charge in [-0.05, 0) is 49.7 Å². The molecule has 7 heteroatoms. The number of anilines is 1. The minimum absolute atomic E-state index is 0.0173. The van der Waals surface area contributed by atoms with Crippen molar-refractivity contribution in [2.45, 2.75) is 19.4 Å². The van der Waals surface area contributed by atoms with Crippen LogP contribution in [0.2, 0.25) is 0 Å². The molecule has 0 heterocycles. The van der Waals surface area contributed by atoms with E-state index in [1.165, 1.54) is 0 Å². The first-order valence-corrected chi connectivity index (χ1v) is 8.98. The van der Waals surface area contributed by atoms with E-state index in [2.05, 4.69) is 10.6 Å². The van der Waals surface area contributed by atoms with Crippen LogP contribution in [0.15, 0.2) is 48.5 Å². The van der Waals surface area contributed by atoms with E-state index >= 15 is 0 Å². The van der Waals surface area contributed by atoms with Gasteiger partial charge in [-0.2, -0.15) is 0 Å². The third-order valence-corrected chi connectivity index (χ3v) is 3.97. The molecule has 7 nitrogen and oxygen atoms in total. The van der Waals surface area contributed by atoms with Gasteiger partial charge in [-0.25, -0.2) is 0 Å². The largest absolute Gasteiger partial charge is 0.497 e. The van der Waals surface area contributed by atoms with Gasteiger partial charge in [0.2, 0.25) is 0 Å². The van der Waals surface area contributed by atoms with Crippen LogP contribution in [0.3, 0.4) is 0 Å². The molecule has 2 aromatic rings. The molecular formula is C21H26N2O5. The lowest BCUT2D eigenvalue weighted by Crippen LogP contribution is -2.33. The van der Waals surface area contributed by atoms with Crippen LogP contribution in [0.4, 0.5) is 5.69 Å². The Labute approximate surface area is 165 Å². The summed E-state index contributed by atoms with van der Waals surface area (Å²) in [4.78, 5) is 24.2. The van der Waals surface area contributed by atoms with Crippen LogP contribution in [0.25, 0.3) is 0 Å². The number of methoxy groups -OCH3 is 2. The summed E-state index contributed by atoms with van der Waals surface area (Å²) in [7, 11) is 3.19. The van der Waals surface area contributed by atoms with Gasteiger partial charge >= 0.3 is 0 Å². The molecule has 28 heavy (non-hydrogen) atoms. The first-order valence-electron chi connectivity index (χ1n) is 8.98. The van der Waals surface area contributed by atoms with E-state index in [-0.39, 0.29) is 24.5 Å². The third kappa shape index (κ3) is 6.92. The molecule has 0 aliphatic carbocycles. The van der Waals surface area contributed by atoms with Gasteiger partial charge in [0.05, 0.1) is 7.11 Å². The summed E-state index contributed by atoms with van der Waals surface area (Å²) in [5.74, 6) is 0.710. The summed E-state index contributed by atoms with van der Waals surface area (Å²) >= 11 is 0. The Hall–Kier alpha value is -3.06. The van der Waals surface area contributed by atoms with Gasteiger partial charge in [-0.15, -0.1) is 0 Å². The highest BCUT2D eigenvalue weighted by atomic mass is 16.5. The van der Waals surface area contributed by atoms with E-state index < -0.39 is 0 Å². The number of amides is 2. The summed E-state index contributed by atoms with van der Waals surface area (Å²) < 4.78 is 15.6. The molecule has 0 bridgehead atoms. The topological polar surface area (TPSA) is 85.9 Å². The minimum atomic E-state index is -0.290. The number of ether oxygens (including phenoxy) is 3. The minimum Gasteiger partial charge on any atom is -0.497 e. The Morgan fingerprint density at radius 2 is 1.79 bits per heavy atom. The van der Waals surface area contributed by atoms with Crippen LogP contribution < -0.4 is 20.1 Å². The summed E-state index contributed by atoms with van der Waals surface area (Å²) in [6.45, 7) is 2.37. The Balaban J connectivity index is 1.81. The lowest BCUT2D eigenvalue weighted by atomic mass is 10.1. The first-order chi connectivity index (χ1) is 13.5. The number of hydrogen-bond acceptors (Lipinski definition) is 5. The van der Waals surface area contributed by atoms with Crippen LogP contribution in [0.1, 0.15) is 23.7 Å². The Kier molecular flexibility index (Phi) is 8.30. The maximum absolute atomic E-state index is 12.2. The standard InChI is InChI=1S/C21H26N2O5/c1-15(11-12-26-2)22-21(25)16-7-9-18(10-8-16)28-14-20(24)23-17-5-4-6-19(13-17)27-3/h4-10,13,15H,11-12,14H2,1-3H3,(H,22,25)(H,23,24)/t15-/m0/s1.